The quantitative estimate of drug-likeness (QED) is 0.344. The number of fused-ring (bicyclic) bond motifs is 1. The summed E-state index contributed by atoms with van der Waals surface area (Å²) in [4.78, 5) is 32.1. The van der Waals surface area contributed by atoms with Gasteiger partial charge in [-0.05, 0) is 55.7 Å². The molecule has 0 aliphatic heterocycles. The summed E-state index contributed by atoms with van der Waals surface area (Å²) in [6.45, 7) is 2.73. The molecule has 0 atom stereocenters. The molecule has 32 heavy (non-hydrogen) atoms. The summed E-state index contributed by atoms with van der Waals surface area (Å²) < 4.78 is 1.94. The van der Waals surface area contributed by atoms with E-state index in [-0.39, 0.29) is 5.56 Å². The zero-order valence-corrected chi connectivity index (χ0v) is 17.7. The van der Waals surface area contributed by atoms with Crippen LogP contribution >= 0.6 is 0 Å². The minimum absolute atomic E-state index is 0.189. The average Bonchev–Trinajstić information content (AvgIpc) is 3.48. The second-order valence-corrected chi connectivity index (χ2v) is 7.66. The SMILES string of the molecule is Cc1cc(-n2ccnc2)cc2[nH]c(-c3c(NCCCc4ccccn4)cc[nH]c3=O)nc12. The lowest BCUT2D eigenvalue weighted by molar-refractivity contribution is 0.836. The first-order chi connectivity index (χ1) is 15.7. The number of hydrogen-bond acceptors (Lipinski definition) is 5. The molecule has 0 saturated carbocycles. The van der Waals surface area contributed by atoms with Gasteiger partial charge in [-0.25, -0.2) is 9.97 Å². The molecule has 0 aliphatic rings. The van der Waals surface area contributed by atoms with Crippen LogP contribution in [-0.2, 0) is 6.42 Å². The zero-order chi connectivity index (χ0) is 21.9. The Labute approximate surface area is 184 Å². The minimum atomic E-state index is -0.189. The van der Waals surface area contributed by atoms with Gasteiger partial charge in [0.2, 0.25) is 0 Å². The number of aromatic amines is 2. The smallest absolute Gasteiger partial charge is 0.261 e. The number of benzene rings is 1. The summed E-state index contributed by atoms with van der Waals surface area (Å²) in [6.07, 6.45) is 10.6. The van der Waals surface area contributed by atoms with E-state index in [4.69, 9.17) is 4.98 Å². The van der Waals surface area contributed by atoms with Crippen LogP contribution in [0.15, 0.2) is 72.3 Å². The normalized spacial score (nSPS) is 11.2. The number of anilines is 1. The van der Waals surface area contributed by atoms with E-state index >= 15 is 0 Å². The van der Waals surface area contributed by atoms with Gasteiger partial charge in [0.25, 0.3) is 5.56 Å². The Morgan fingerprint density at radius 3 is 2.91 bits per heavy atom. The van der Waals surface area contributed by atoms with Crippen LogP contribution < -0.4 is 10.9 Å². The van der Waals surface area contributed by atoms with E-state index in [0.29, 0.717) is 11.4 Å². The van der Waals surface area contributed by atoms with E-state index in [1.807, 2.05) is 48.0 Å². The fourth-order valence-electron chi connectivity index (χ4n) is 3.85. The molecule has 8 heteroatoms. The van der Waals surface area contributed by atoms with E-state index < -0.39 is 0 Å². The molecule has 5 aromatic rings. The van der Waals surface area contributed by atoms with Gasteiger partial charge >= 0.3 is 0 Å². The number of aryl methyl sites for hydroxylation is 2. The first kappa shape index (κ1) is 19.7. The Hall–Kier alpha value is -4.20. The molecule has 0 unspecified atom stereocenters. The third-order valence-electron chi connectivity index (χ3n) is 5.41. The van der Waals surface area contributed by atoms with Gasteiger partial charge in [-0.1, -0.05) is 6.07 Å². The predicted octanol–water partition coefficient (Wildman–Crippen LogP) is 3.85. The van der Waals surface area contributed by atoms with Crippen molar-refractivity contribution in [3.8, 4) is 17.1 Å². The Balaban J connectivity index is 1.43. The Bertz CT molecular complexity index is 1400. The molecule has 0 fully saturated rings. The fourth-order valence-corrected chi connectivity index (χ4v) is 3.85. The van der Waals surface area contributed by atoms with Crippen molar-refractivity contribution >= 4 is 16.7 Å². The number of nitrogens with one attached hydrogen (secondary N) is 3. The molecule has 0 amide bonds. The lowest BCUT2D eigenvalue weighted by Crippen LogP contribution is -2.14. The maximum absolute atomic E-state index is 12.7. The van der Waals surface area contributed by atoms with Crippen LogP contribution in [0.4, 0.5) is 5.69 Å². The highest BCUT2D eigenvalue weighted by atomic mass is 16.1. The van der Waals surface area contributed by atoms with Crippen molar-refractivity contribution in [1.29, 1.82) is 0 Å². The van der Waals surface area contributed by atoms with E-state index in [0.717, 1.165) is 53.1 Å². The van der Waals surface area contributed by atoms with Crippen molar-refractivity contribution in [2.24, 2.45) is 0 Å². The van der Waals surface area contributed by atoms with Gasteiger partial charge in [0, 0.05) is 42.7 Å². The second kappa shape index (κ2) is 8.50. The van der Waals surface area contributed by atoms with Crippen molar-refractivity contribution in [2.75, 3.05) is 11.9 Å². The molecule has 1 aromatic carbocycles. The van der Waals surface area contributed by atoms with Crippen molar-refractivity contribution in [1.82, 2.24) is 29.5 Å². The van der Waals surface area contributed by atoms with Crippen molar-refractivity contribution in [3.05, 3.63) is 89.1 Å². The Kier molecular flexibility index (Phi) is 5.25. The van der Waals surface area contributed by atoms with Crippen LogP contribution in [0.2, 0.25) is 0 Å². The third kappa shape index (κ3) is 3.90. The maximum Gasteiger partial charge on any atom is 0.261 e. The highest BCUT2D eigenvalue weighted by Crippen LogP contribution is 2.27. The lowest BCUT2D eigenvalue weighted by Gasteiger charge is -2.09. The molecule has 8 nitrogen and oxygen atoms in total. The van der Waals surface area contributed by atoms with Crippen LogP contribution in [0.3, 0.4) is 0 Å². The van der Waals surface area contributed by atoms with Crippen LogP contribution in [0.5, 0.6) is 0 Å². The van der Waals surface area contributed by atoms with Gasteiger partial charge in [-0.2, -0.15) is 0 Å². The summed E-state index contributed by atoms with van der Waals surface area (Å²) >= 11 is 0. The highest BCUT2D eigenvalue weighted by molar-refractivity contribution is 5.86. The average molecular weight is 425 g/mol. The summed E-state index contributed by atoms with van der Waals surface area (Å²) in [5, 5.41) is 3.40. The van der Waals surface area contributed by atoms with Crippen LogP contribution in [-0.4, -0.2) is 36.0 Å². The van der Waals surface area contributed by atoms with Crippen LogP contribution in [0.25, 0.3) is 28.1 Å². The van der Waals surface area contributed by atoms with Crippen molar-refractivity contribution in [3.63, 3.8) is 0 Å². The van der Waals surface area contributed by atoms with E-state index in [1.54, 1.807) is 24.9 Å². The summed E-state index contributed by atoms with van der Waals surface area (Å²) in [5.74, 6) is 0.542. The monoisotopic (exact) mass is 425 g/mol. The van der Waals surface area contributed by atoms with Crippen molar-refractivity contribution < 1.29 is 0 Å². The number of imidazole rings is 2. The Morgan fingerprint density at radius 1 is 1.16 bits per heavy atom. The predicted molar refractivity (Wildman–Crippen MR) is 125 cm³/mol. The topological polar surface area (TPSA) is 104 Å². The first-order valence-electron chi connectivity index (χ1n) is 10.5. The molecular weight excluding hydrogens is 402 g/mol. The summed E-state index contributed by atoms with van der Waals surface area (Å²) in [6, 6.07) is 11.9. The number of H-pyrrole nitrogens is 2. The number of nitrogens with zero attached hydrogens (tertiary/aromatic N) is 4. The molecule has 160 valence electrons. The highest BCUT2D eigenvalue weighted by Gasteiger charge is 2.16. The van der Waals surface area contributed by atoms with Gasteiger partial charge < -0.3 is 19.9 Å². The summed E-state index contributed by atoms with van der Waals surface area (Å²) in [5.41, 5.74) is 5.84. The van der Waals surface area contributed by atoms with Gasteiger partial charge in [0.05, 0.1) is 23.0 Å². The molecule has 0 radical (unpaired) electrons. The molecular formula is C24H23N7O. The van der Waals surface area contributed by atoms with Crippen LogP contribution in [0, 0.1) is 6.92 Å². The van der Waals surface area contributed by atoms with Gasteiger partial charge in [0.1, 0.15) is 11.4 Å². The second-order valence-electron chi connectivity index (χ2n) is 7.66. The standard InChI is InChI=1S/C24H23N7O/c1-16-13-18(31-12-11-25-15-31)14-20-22(16)30-23(29-20)21-19(7-10-28-24(21)32)27-9-4-6-17-5-2-3-8-26-17/h2-3,5,7-8,10-15H,4,6,9H2,1H3,(H,29,30)(H2,27,28,32). The van der Waals surface area contributed by atoms with Gasteiger partial charge in [-0.3, -0.25) is 9.78 Å². The fraction of sp³-hybridized carbons (Fsp3) is 0.167. The molecule has 0 bridgehead atoms. The molecule has 4 aromatic heterocycles. The van der Waals surface area contributed by atoms with E-state index in [2.05, 4.69) is 31.3 Å². The Morgan fingerprint density at radius 2 is 2.09 bits per heavy atom. The van der Waals surface area contributed by atoms with Crippen LogP contribution in [0.1, 0.15) is 17.7 Å². The number of aromatic nitrogens is 6. The van der Waals surface area contributed by atoms with Gasteiger partial charge in [0.15, 0.2) is 0 Å². The number of hydrogen-bond donors (Lipinski definition) is 3. The number of pyridine rings is 2. The molecule has 4 heterocycles. The molecule has 5 rings (SSSR count). The molecule has 0 aliphatic carbocycles. The maximum atomic E-state index is 12.7. The third-order valence-corrected chi connectivity index (χ3v) is 5.41. The molecule has 0 saturated heterocycles. The first-order valence-corrected chi connectivity index (χ1v) is 10.5. The van der Waals surface area contributed by atoms with Gasteiger partial charge in [-0.15, -0.1) is 0 Å². The molecule has 3 N–H and O–H groups in total. The number of rotatable bonds is 7. The van der Waals surface area contributed by atoms with E-state index in [9.17, 15) is 4.79 Å². The lowest BCUT2D eigenvalue weighted by atomic mass is 10.2. The molecule has 0 spiro atoms. The van der Waals surface area contributed by atoms with Crippen molar-refractivity contribution in [2.45, 2.75) is 19.8 Å². The largest absolute Gasteiger partial charge is 0.384 e. The minimum Gasteiger partial charge on any atom is -0.384 e. The zero-order valence-electron chi connectivity index (χ0n) is 17.7. The summed E-state index contributed by atoms with van der Waals surface area (Å²) in [7, 11) is 0. The van der Waals surface area contributed by atoms with E-state index in [1.165, 1.54) is 0 Å².